The third-order valence-corrected chi connectivity index (χ3v) is 4.37. The zero-order valence-corrected chi connectivity index (χ0v) is 15.0. The largest absolute Gasteiger partial charge is 0.418 e. The highest BCUT2D eigenvalue weighted by Gasteiger charge is 2.34. The van der Waals surface area contributed by atoms with Crippen molar-refractivity contribution in [3.63, 3.8) is 0 Å². The van der Waals surface area contributed by atoms with Gasteiger partial charge in [-0.25, -0.2) is 4.98 Å². The summed E-state index contributed by atoms with van der Waals surface area (Å²) in [4.78, 5) is 4.02. The van der Waals surface area contributed by atoms with Crippen molar-refractivity contribution in [2.45, 2.75) is 32.4 Å². The molecule has 0 bridgehead atoms. The number of hydrogen-bond acceptors (Lipinski definition) is 1. The van der Waals surface area contributed by atoms with Gasteiger partial charge in [0.15, 0.2) is 0 Å². The van der Waals surface area contributed by atoms with E-state index in [-0.39, 0.29) is 10.9 Å². The molecule has 6 heteroatoms. The van der Waals surface area contributed by atoms with E-state index in [0.717, 1.165) is 17.3 Å². The predicted octanol–water partition coefficient (Wildman–Crippen LogP) is 6.10. The van der Waals surface area contributed by atoms with Crippen LogP contribution in [0.25, 0.3) is 16.7 Å². The van der Waals surface area contributed by atoms with Crippen LogP contribution in [0.5, 0.6) is 0 Å². The minimum absolute atomic E-state index is 0.0492. The Morgan fingerprint density at radius 3 is 2.38 bits per heavy atom. The minimum atomic E-state index is -4.45. The molecular formula is C18H16BrF3N2. The lowest BCUT2D eigenvalue weighted by Crippen LogP contribution is -2.11. The number of fused-ring (bicyclic) bond motifs is 1. The Bertz CT molecular complexity index is 905. The van der Waals surface area contributed by atoms with Crippen LogP contribution in [0.15, 0.2) is 47.2 Å². The normalized spacial score (nSPS) is 12.8. The van der Waals surface area contributed by atoms with E-state index in [1.54, 1.807) is 10.6 Å². The van der Waals surface area contributed by atoms with E-state index in [2.05, 4.69) is 41.7 Å². The molecule has 0 atom stereocenters. The number of halogens is 4. The van der Waals surface area contributed by atoms with E-state index in [0.29, 0.717) is 9.99 Å². The molecule has 3 rings (SSSR count). The molecule has 0 aliphatic heterocycles. The summed E-state index contributed by atoms with van der Waals surface area (Å²) in [6, 6.07) is 10.5. The van der Waals surface area contributed by atoms with Crippen LogP contribution in [0.2, 0.25) is 0 Å². The lowest BCUT2D eigenvalue weighted by atomic mass is 9.87. The van der Waals surface area contributed by atoms with Gasteiger partial charge < -0.3 is 0 Å². The average molecular weight is 397 g/mol. The van der Waals surface area contributed by atoms with Crippen molar-refractivity contribution < 1.29 is 13.2 Å². The van der Waals surface area contributed by atoms with Crippen LogP contribution in [-0.4, -0.2) is 9.55 Å². The molecule has 2 aromatic carbocycles. The molecular weight excluding hydrogens is 381 g/mol. The van der Waals surface area contributed by atoms with E-state index in [9.17, 15) is 13.2 Å². The molecule has 0 N–H and O–H groups in total. The lowest BCUT2D eigenvalue weighted by molar-refractivity contribution is -0.136. The van der Waals surface area contributed by atoms with Crippen molar-refractivity contribution in [1.82, 2.24) is 9.55 Å². The highest BCUT2D eigenvalue weighted by molar-refractivity contribution is 9.10. The summed E-state index contributed by atoms with van der Waals surface area (Å²) in [7, 11) is 0. The Balaban J connectivity index is 2.24. The van der Waals surface area contributed by atoms with Crippen LogP contribution in [0.1, 0.15) is 31.9 Å². The van der Waals surface area contributed by atoms with E-state index in [1.165, 1.54) is 6.33 Å². The van der Waals surface area contributed by atoms with Gasteiger partial charge in [0.05, 0.1) is 11.1 Å². The summed E-state index contributed by atoms with van der Waals surface area (Å²) in [5, 5.41) is 0. The van der Waals surface area contributed by atoms with Crippen molar-refractivity contribution in [1.29, 1.82) is 0 Å². The Kier molecular flexibility index (Phi) is 3.98. The maximum atomic E-state index is 13.3. The summed E-state index contributed by atoms with van der Waals surface area (Å²) in [5.41, 5.74) is 1.47. The first-order valence-electron chi connectivity index (χ1n) is 7.42. The van der Waals surface area contributed by atoms with Gasteiger partial charge in [0.2, 0.25) is 0 Å². The molecule has 0 fully saturated rings. The quantitative estimate of drug-likeness (QED) is 0.485. The van der Waals surface area contributed by atoms with E-state index in [1.807, 2.05) is 24.3 Å². The Morgan fingerprint density at radius 2 is 1.75 bits per heavy atom. The summed E-state index contributed by atoms with van der Waals surface area (Å²) >= 11 is 3.17. The van der Waals surface area contributed by atoms with Crippen molar-refractivity contribution in [3.05, 3.63) is 58.3 Å². The molecule has 0 amide bonds. The highest BCUT2D eigenvalue weighted by atomic mass is 79.9. The standard InChI is InChI=1S/C18H16BrF3N2/c1-17(2,3)11-5-4-6-13(7-11)24-10-23-16-14(18(20,21)22)8-12(19)9-15(16)24/h4-10H,1-3H3. The molecule has 24 heavy (non-hydrogen) atoms. The monoisotopic (exact) mass is 396 g/mol. The smallest absolute Gasteiger partial charge is 0.299 e. The van der Waals surface area contributed by atoms with Crippen LogP contribution >= 0.6 is 15.9 Å². The number of benzene rings is 2. The second kappa shape index (κ2) is 5.62. The molecule has 0 unspecified atom stereocenters. The lowest BCUT2D eigenvalue weighted by Gasteiger charge is -2.20. The first kappa shape index (κ1) is 17.0. The van der Waals surface area contributed by atoms with Crippen molar-refractivity contribution in [3.8, 4) is 5.69 Å². The van der Waals surface area contributed by atoms with Gasteiger partial charge in [-0.3, -0.25) is 4.57 Å². The Morgan fingerprint density at radius 1 is 1.04 bits per heavy atom. The van der Waals surface area contributed by atoms with Crippen LogP contribution in [0.3, 0.4) is 0 Å². The van der Waals surface area contributed by atoms with Gasteiger partial charge in [0, 0.05) is 10.2 Å². The van der Waals surface area contributed by atoms with Crippen LogP contribution in [0, 0.1) is 0 Å². The third-order valence-electron chi connectivity index (χ3n) is 3.91. The van der Waals surface area contributed by atoms with Gasteiger partial charge in [-0.2, -0.15) is 13.2 Å². The molecule has 1 heterocycles. The van der Waals surface area contributed by atoms with Crippen LogP contribution in [0.4, 0.5) is 13.2 Å². The Labute approximate surface area is 146 Å². The third kappa shape index (κ3) is 3.07. The molecule has 0 saturated carbocycles. The fraction of sp³-hybridized carbons (Fsp3) is 0.278. The topological polar surface area (TPSA) is 17.8 Å². The number of nitrogens with zero attached hydrogens (tertiary/aromatic N) is 2. The fourth-order valence-electron chi connectivity index (χ4n) is 2.63. The number of alkyl halides is 3. The van der Waals surface area contributed by atoms with Gasteiger partial charge in [-0.1, -0.05) is 48.8 Å². The summed E-state index contributed by atoms with van der Waals surface area (Å²) in [5.74, 6) is 0. The highest BCUT2D eigenvalue weighted by Crippen LogP contribution is 2.37. The molecule has 0 radical (unpaired) electrons. The average Bonchev–Trinajstić information content (AvgIpc) is 2.88. The number of aromatic nitrogens is 2. The predicted molar refractivity (Wildman–Crippen MR) is 92.5 cm³/mol. The van der Waals surface area contributed by atoms with Gasteiger partial charge >= 0.3 is 6.18 Å². The van der Waals surface area contributed by atoms with Gasteiger partial charge in [0.25, 0.3) is 0 Å². The number of hydrogen-bond donors (Lipinski definition) is 0. The molecule has 3 aromatic rings. The van der Waals surface area contributed by atoms with Crippen molar-refractivity contribution >= 4 is 27.0 Å². The Hall–Kier alpha value is -1.82. The molecule has 2 nitrogen and oxygen atoms in total. The first-order chi connectivity index (χ1) is 11.1. The second-order valence-corrected chi connectivity index (χ2v) is 7.65. The number of imidazole rings is 1. The zero-order chi connectivity index (χ0) is 17.7. The molecule has 0 aliphatic rings. The van der Waals surface area contributed by atoms with Gasteiger partial charge in [-0.05, 0) is 35.2 Å². The van der Waals surface area contributed by atoms with E-state index < -0.39 is 11.7 Å². The zero-order valence-electron chi connectivity index (χ0n) is 13.4. The molecule has 0 saturated heterocycles. The summed E-state index contributed by atoms with van der Waals surface area (Å²) < 4.78 is 41.8. The van der Waals surface area contributed by atoms with Gasteiger partial charge in [-0.15, -0.1) is 0 Å². The van der Waals surface area contributed by atoms with E-state index >= 15 is 0 Å². The molecule has 126 valence electrons. The maximum absolute atomic E-state index is 13.3. The number of rotatable bonds is 1. The fourth-order valence-corrected chi connectivity index (χ4v) is 3.07. The van der Waals surface area contributed by atoms with Crippen LogP contribution in [-0.2, 0) is 11.6 Å². The molecule has 0 spiro atoms. The first-order valence-corrected chi connectivity index (χ1v) is 8.21. The maximum Gasteiger partial charge on any atom is 0.418 e. The molecule has 1 aromatic heterocycles. The van der Waals surface area contributed by atoms with Crippen LogP contribution < -0.4 is 0 Å². The van der Waals surface area contributed by atoms with Gasteiger partial charge in [0.1, 0.15) is 11.8 Å². The molecule has 0 aliphatic carbocycles. The summed E-state index contributed by atoms with van der Waals surface area (Å²) in [6.45, 7) is 6.28. The summed E-state index contributed by atoms with van der Waals surface area (Å²) in [6.07, 6.45) is -3.01. The second-order valence-electron chi connectivity index (χ2n) is 6.73. The minimum Gasteiger partial charge on any atom is -0.299 e. The van der Waals surface area contributed by atoms with E-state index in [4.69, 9.17) is 0 Å². The SMILES string of the molecule is CC(C)(C)c1cccc(-n2cnc3c(C(F)(F)F)cc(Br)cc32)c1. The van der Waals surface area contributed by atoms with Crippen molar-refractivity contribution in [2.75, 3.05) is 0 Å². The van der Waals surface area contributed by atoms with Crippen molar-refractivity contribution in [2.24, 2.45) is 0 Å².